The number of aromatic nitrogens is 2. The highest BCUT2D eigenvalue weighted by molar-refractivity contribution is 5.49. The predicted octanol–water partition coefficient (Wildman–Crippen LogP) is 1.11. The quantitative estimate of drug-likeness (QED) is 0.550. The summed E-state index contributed by atoms with van der Waals surface area (Å²) >= 11 is 0. The number of ether oxygens (including phenoxy) is 2. The molecule has 0 saturated carbocycles. The standard InChI is InChI=1S/C12H18N2O3/c1-9-11(8-16-9)17-12-10(5-3-4-6-15)7-14(2)13-12/h6-7,9,11H,3-5,8H2,1-2H3/t9-,11+/m1/s1. The van der Waals surface area contributed by atoms with E-state index in [4.69, 9.17) is 9.47 Å². The molecular weight excluding hydrogens is 220 g/mol. The molecule has 1 aromatic heterocycles. The van der Waals surface area contributed by atoms with E-state index in [9.17, 15) is 4.79 Å². The van der Waals surface area contributed by atoms with E-state index in [-0.39, 0.29) is 12.2 Å². The summed E-state index contributed by atoms with van der Waals surface area (Å²) in [5, 5.41) is 4.30. The molecule has 0 bridgehead atoms. The lowest BCUT2D eigenvalue weighted by molar-refractivity contribution is -0.141. The predicted molar refractivity (Wildman–Crippen MR) is 62.0 cm³/mol. The van der Waals surface area contributed by atoms with E-state index in [0.717, 1.165) is 24.7 Å². The molecule has 5 nitrogen and oxygen atoms in total. The fraction of sp³-hybridized carbons (Fsp3) is 0.667. The average molecular weight is 238 g/mol. The molecule has 1 aliphatic rings. The third-order valence-corrected chi connectivity index (χ3v) is 2.94. The maximum atomic E-state index is 10.3. The second kappa shape index (κ2) is 5.31. The van der Waals surface area contributed by atoms with Gasteiger partial charge in [-0.3, -0.25) is 4.68 Å². The Hall–Kier alpha value is -1.36. The molecule has 2 atom stereocenters. The van der Waals surface area contributed by atoms with Crippen molar-refractivity contribution >= 4 is 6.29 Å². The van der Waals surface area contributed by atoms with Crippen LogP contribution in [-0.2, 0) is 23.0 Å². The minimum Gasteiger partial charge on any atom is -0.468 e. The number of carbonyl (C=O) groups excluding carboxylic acids is 1. The maximum Gasteiger partial charge on any atom is 0.236 e. The van der Waals surface area contributed by atoms with Gasteiger partial charge in [-0.2, -0.15) is 0 Å². The molecule has 0 aromatic carbocycles. The van der Waals surface area contributed by atoms with Crippen LogP contribution < -0.4 is 4.74 Å². The minimum atomic E-state index is 0.106. The summed E-state index contributed by atoms with van der Waals surface area (Å²) in [6, 6.07) is 0. The molecule has 0 amide bonds. The SMILES string of the molecule is C[C@H]1OC[C@@H]1Oc1nn(C)cc1CCCC=O. The zero-order chi connectivity index (χ0) is 12.3. The smallest absolute Gasteiger partial charge is 0.236 e. The Morgan fingerprint density at radius 3 is 3.12 bits per heavy atom. The molecule has 0 spiro atoms. The Balaban J connectivity index is 1.96. The van der Waals surface area contributed by atoms with Crippen LogP contribution in [0, 0.1) is 0 Å². The number of rotatable bonds is 6. The summed E-state index contributed by atoms with van der Waals surface area (Å²) in [6.45, 7) is 2.62. The van der Waals surface area contributed by atoms with Gasteiger partial charge in [0.2, 0.25) is 5.88 Å². The molecule has 0 radical (unpaired) electrons. The van der Waals surface area contributed by atoms with Crippen molar-refractivity contribution in [2.24, 2.45) is 7.05 Å². The van der Waals surface area contributed by atoms with Gasteiger partial charge in [-0.1, -0.05) is 0 Å². The second-order valence-corrected chi connectivity index (χ2v) is 4.39. The summed E-state index contributed by atoms with van der Waals surface area (Å²) in [7, 11) is 1.87. The van der Waals surface area contributed by atoms with Gasteiger partial charge in [-0.05, 0) is 19.8 Å². The first-order valence-corrected chi connectivity index (χ1v) is 5.95. The van der Waals surface area contributed by atoms with Crippen molar-refractivity contribution in [3.63, 3.8) is 0 Å². The molecule has 0 aliphatic carbocycles. The highest BCUT2D eigenvalue weighted by Crippen LogP contribution is 2.23. The Labute approximate surface area is 101 Å². The number of aldehydes is 1. The van der Waals surface area contributed by atoms with E-state index in [0.29, 0.717) is 18.9 Å². The number of hydrogen-bond acceptors (Lipinski definition) is 4. The molecule has 1 aliphatic heterocycles. The summed E-state index contributed by atoms with van der Waals surface area (Å²) < 4.78 is 12.8. The van der Waals surface area contributed by atoms with Gasteiger partial charge in [-0.15, -0.1) is 5.10 Å². The largest absolute Gasteiger partial charge is 0.468 e. The molecule has 17 heavy (non-hydrogen) atoms. The van der Waals surface area contributed by atoms with Gasteiger partial charge in [0.15, 0.2) is 0 Å². The van der Waals surface area contributed by atoms with Gasteiger partial charge in [0.05, 0.1) is 12.7 Å². The Kier molecular flexibility index (Phi) is 3.78. The first-order chi connectivity index (χ1) is 8.20. The molecule has 1 fully saturated rings. The van der Waals surface area contributed by atoms with Gasteiger partial charge >= 0.3 is 0 Å². The van der Waals surface area contributed by atoms with Crippen LogP contribution in [0.4, 0.5) is 0 Å². The van der Waals surface area contributed by atoms with Crippen molar-refractivity contribution in [2.45, 2.75) is 38.4 Å². The Morgan fingerprint density at radius 1 is 1.71 bits per heavy atom. The minimum absolute atomic E-state index is 0.106. The molecule has 1 saturated heterocycles. The van der Waals surface area contributed by atoms with Gasteiger partial charge in [-0.25, -0.2) is 0 Å². The van der Waals surface area contributed by atoms with Crippen LogP contribution in [0.15, 0.2) is 6.20 Å². The number of carbonyl (C=O) groups is 1. The van der Waals surface area contributed by atoms with E-state index in [1.807, 2.05) is 20.2 Å². The molecule has 94 valence electrons. The van der Waals surface area contributed by atoms with Crippen LogP contribution in [0.1, 0.15) is 25.3 Å². The molecule has 2 heterocycles. The topological polar surface area (TPSA) is 53.4 Å². The number of unbranched alkanes of at least 4 members (excludes halogenated alkanes) is 1. The average Bonchev–Trinajstić information content (AvgIpc) is 2.65. The van der Waals surface area contributed by atoms with E-state index >= 15 is 0 Å². The van der Waals surface area contributed by atoms with Gasteiger partial charge in [0.1, 0.15) is 12.4 Å². The third kappa shape index (κ3) is 2.85. The Bertz CT molecular complexity index is 389. The molecule has 2 rings (SSSR count). The third-order valence-electron chi connectivity index (χ3n) is 2.94. The number of aryl methyl sites for hydroxylation is 2. The van der Waals surface area contributed by atoms with Crippen molar-refractivity contribution in [1.29, 1.82) is 0 Å². The van der Waals surface area contributed by atoms with E-state index in [1.165, 1.54) is 0 Å². The van der Waals surface area contributed by atoms with Crippen molar-refractivity contribution in [1.82, 2.24) is 9.78 Å². The van der Waals surface area contributed by atoms with Crippen molar-refractivity contribution in [2.75, 3.05) is 6.61 Å². The van der Waals surface area contributed by atoms with E-state index in [2.05, 4.69) is 5.10 Å². The highest BCUT2D eigenvalue weighted by atomic mass is 16.6. The molecule has 0 unspecified atom stereocenters. The number of hydrogen-bond donors (Lipinski definition) is 0. The summed E-state index contributed by atoms with van der Waals surface area (Å²) in [4.78, 5) is 10.3. The number of nitrogens with zero attached hydrogens (tertiary/aromatic N) is 2. The van der Waals surface area contributed by atoms with Gasteiger partial charge in [0.25, 0.3) is 0 Å². The van der Waals surface area contributed by atoms with Crippen LogP contribution in [0.25, 0.3) is 0 Å². The zero-order valence-corrected chi connectivity index (χ0v) is 10.3. The van der Waals surface area contributed by atoms with Crippen LogP contribution in [0.3, 0.4) is 0 Å². The molecule has 5 heteroatoms. The van der Waals surface area contributed by atoms with Gasteiger partial charge in [0, 0.05) is 25.2 Å². The normalized spacial score (nSPS) is 23.2. The lowest BCUT2D eigenvalue weighted by Gasteiger charge is -2.33. The first-order valence-electron chi connectivity index (χ1n) is 5.95. The van der Waals surface area contributed by atoms with Crippen molar-refractivity contribution in [3.8, 4) is 5.88 Å². The Morgan fingerprint density at radius 2 is 2.53 bits per heavy atom. The summed E-state index contributed by atoms with van der Waals surface area (Å²) in [5.74, 6) is 0.679. The van der Waals surface area contributed by atoms with Crippen molar-refractivity contribution in [3.05, 3.63) is 11.8 Å². The summed E-state index contributed by atoms with van der Waals surface area (Å²) in [6.07, 6.45) is 5.38. The van der Waals surface area contributed by atoms with Crippen molar-refractivity contribution < 1.29 is 14.3 Å². The van der Waals surface area contributed by atoms with Crippen LogP contribution >= 0.6 is 0 Å². The highest BCUT2D eigenvalue weighted by Gasteiger charge is 2.31. The van der Waals surface area contributed by atoms with Crippen LogP contribution in [0.2, 0.25) is 0 Å². The lowest BCUT2D eigenvalue weighted by atomic mass is 10.1. The van der Waals surface area contributed by atoms with Crippen LogP contribution in [-0.4, -0.2) is 34.9 Å². The second-order valence-electron chi connectivity index (χ2n) is 4.39. The zero-order valence-electron chi connectivity index (χ0n) is 10.3. The lowest BCUT2D eigenvalue weighted by Crippen LogP contribution is -2.47. The van der Waals surface area contributed by atoms with Gasteiger partial charge < -0.3 is 14.3 Å². The molecular formula is C12H18N2O3. The molecule has 0 N–H and O–H groups in total. The molecule has 1 aromatic rings. The fourth-order valence-electron chi connectivity index (χ4n) is 1.80. The summed E-state index contributed by atoms with van der Waals surface area (Å²) in [5.41, 5.74) is 1.06. The van der Waals surface area contributed by atoms with E-state index < -0.39 is 0 Å². The monoisotopic (exact) mass is 238 g/mol. The van der Waals surface area contributed by atoms with Crippen LogP contribution in [0.5, 0.6) is 5.88 Å². The first kappa shape index (κ1) is 12.1. The van der Waals surface area contributed by atoms with E-state index in [1.54, 1.807) is 4.68 Å². The maximum absolute atomic E-state index is 10.3. The fourth-order valence-corrected chi connectivity index (χ4v) is 1.80.